The number of allylic oxidation sites excluding steroid dienone is 8. The minimum Gasteiger partial charge on any atom is -0.464 e. The molecule has 1 atom stereocenters. The van der Waals surface area contributed by atoms with Crippen molar-refractivity contribution in [3.63, 3.8) is 0 Å². The normalized spacial score (nSPS) is 23.9. The Morgan fingerprint density at radius 2 is 1.88 bits per heavy atom. The molecule has 2 aliphatic rings. The van der Waals surface area contributed by atoms with Crippen LogP contribution in [0.4, 0.5) is 0 Å². The lowest BCUT2D eigenvalue weighted by Crippen LogP contribution is -2.50. The monoisotopic (exact) mass is 326 g/mol. The van der Waals surface area contributed by atoms with Gasteiger partial charge in [0.2, 0.25) is 17.2 Å². The van der Waals surface area contributed by atoms with Gasteiger partial charge in [0, 0.05) is 6.92 Å². The second-order valence-corrected chi connectivity index (χ2v) is 5.39. The van der Waals surface area contributed by atoms with Gasteiger partial charge in [0.05, 0.1) is 5.57 Å². The molecule has 0 radical (unpaired) electrons. The van der Waals surface area contributed by atoms with E-state index in [1.807, 2.05) is 31.2 Å². The van der Waals surface area contributed by atoms with E-state index in [2.05, 4.69) is 0 Å². The summed E-state index contributed by atoms with van der Waals surface area (Å²) in [6.45, 7) is 4.36. The van der Waals surface area contributed by atoms with Gasteiger partial charge in [-0.2, -0.15) is 0 Å². The van der Waals surface area contributed by atoms with Crippen LogP contribution in [0.25, 0.3) is 0 Å². The van der Waals surface area contributed by atoms with Crippen molar-refractivity contribution in [2.75, 3.05) is 0 Å². The van der Waals surface area contributed by atoms with Crippen LogP contribution < -0.4 is 0 Å². The molecule has 2 rings (SSSR count). The second kappa shape index (κ2) is 7.08. The molecule has 0 spiro atoms. The lowest BCUT2D eigenvalue weighted by atomic mass is 9.80. The number of esters is 1. The molecule has 1 aliphatic carbocycles. The largest absolute Gasteiger partial charge is 0.464 e. The van der Waals surface area contributed by atoms with E-state index in [0.29, 0.717) is 11.3 Å². The maximum atomic E-state index is 12.5. The second-order valence-electron chi connectivity index (χ2n) is 5.39. The smallest absolute Gasteiger partial charge is 0.304 e. The Morgan fingerprint density at radius 3 is 2.54 bits per heavy atom. The highest BCUT2D eigenvalue weighted by molar-refractivity contribution is 6.26. The summed E-state index contributed by atoms with van der Waals surface area (Å²) in [5.74, 6) is -1.36. The van der Waals surface area contributed by atoms with Gasteiger partial charge in [-0.1, -0.05) is 30.4 Å². The van der Waals surface area contributed by atoms with Gasteiger partial charge < -0.3 is 9.47 Å². The third-order valence-electron chi connectivity index (χ3n) is 3.49. The average molecular weight is 326 g/mol. The highest BCUT2D eigenvalue weighted by atomic mass is 16.6. The number of hydrogen-bond acceptors (Lipinski definition) is 5. The molecule has 0 amide bonds. The van der Waals surface area contributed by atoms with E-state index in [1.165, 1.54) is 19.3 Å². The standard InChI is InChI=1S/C19H18O5/c1-4-5-6-7-8-9-15-10-14-11-17(21)19(3,24-13(2)20)18(22)16(14)12-23-15/h4-12H,1-3H3/b5-4+,7-6+,9-8+/t19-/m1/s1. The molecule has 0 N–H and O–H groups in total. The Balaban J connectivity index is 2.26. The first kappa shape index (κ1) is 17.4. The number of Topliss-reactive ketones (excluding diaryl/α,β-unsaturated/α-hetero) is 1. The Kier molecular flexibility index (Phi) is 5.14. The SMILES string of the molecule is C/C=C/C=C/C=C/C1=CC2=CC(=O)[C@@](C)(OC(C)=O)C(=O)C2=CO1. The summed E-state index contributed by atoms with van der Waals surface area (Å²) in [5, 5.41) is 0. The third kappa shape index (κ3) is 3.51. The van der Waals surface area contributed by atoms with Gasteiger partial charge in [-0.05, 0) is 37.6 Å². The van der Waals surface area contributed by atoms with E-state index < -0.39 is 23.1 Å². The van der Waals surface area contributed by atoms with Crippen molar-refractivity contribution in [3.05, 3.63) is 71.8 Å². The van der Waals surface area contributed by atoms with Crippen molar-refractivity contribution < 1.29 is 23.9 Å². The lowest BCUT2D eigenvalue weighted by molar-refractivity contribution is -0.167. The lowest BCUT2D eigenvalue weighted by Gasteiger charge is -2.30. The van der Waals surface area contributed by atoms with Crippen LogP contribution in [0.2, 0.25) is 0 Å². The summed E-state index contributed by atoms with van der Waals surface area (Å²) >= 11 is 0. The van der Waals surface area contributed by atoms with Crippen LogP contribution in [0.3, 0.4) is 0 Å². The summed E-state index contributed by atoms with van der Waals surface area (Å²) in [7, 11) is 0. The fraction of sp³-hybridized carbons (Fsp3) is 0.211. The van der Waals surface area contributed by atoms with E-state index in [0.717, 1.165) is 6.92 Å². The first-order valence-corrected chi connectivity index (χ1v) is 7.44. The molecule has 0 saturated heterocycles. The van der Waals surface area contributed by atoms with E-state index >= 15 is 0 Å². The number of fused-ring (bicyclic) bond motifs is 1. The van der Waals surface area contributed by atoms with Gasteiger partial charge in [0.25, 0.3) is 0 Å². The molecule has 0 aromatic carbocycles. The van der Waals surface area contributed by atoms with Crippen LogP contribution in [-0.4, -0.2) is 23.1 Å². The molecule has 0 unspecified atom stereocenters. The molecule has 0 aromatic heterocycles. The summed E-state index contributed by atoms with van der Waals surface area (Å²) in [6.07, 6.45) is 15.1. The fourth-order valence-corrected chi connectivity index (χ4v) is 2.27. The van der Waals surface area contributed by atoms with Crippen molar-refractivity contribution in [2.45, 2.75) is 26.4 Å². The highest BCUT2D eigenvalue weighted by Crippen LogP contribution is 2.33. The topological polar surface area (TPSA) is 69.7 Å². The summed E-state index contributed by atoms with van der Waals surface area (Å²) in [4.78, 5) is 35.9. The van der Waals surface area contributed by atoms with Crippen LogP contribution in [0.1, 0.15) is 20.8 Å². The molecule has 5 heteroatoms. The van der Waals surface area contributed by atoms with Crippen LogP contribution in [0, 0.1) is 0 Å². The molecule has 1 heterocycles. The van der Waals surface area contributed by atoms with Crippen molar-refractivity contribution in [1.82, 2.24) is 0 Å². The third-order valence-corrected chi connectivity index (χ3v) is 3.49. The minimum atomic E-state index is -1.83. The van der Waals surface area contributed by atoms with Gasteiger partial charge in [0.1, 0.15) is 12.0 Å². The zero-order chi connectivity index (χ0) is 17.7. The zero-order valence-electron chi connectivity index (χ0n) is 13.7. The Morgan fingerprint density at radius 1 is 1.17 bits per heavy atom. The fourth-order valence-electron chi connectivity index (χ4n) is 2.27. The van der Waals surface area contributed by atoms with Gasteiger partial charge >= 0.3 is 5.97 Å². The molecule has 0 bridgehead atoms. The first-order valence-electron chi connectivity index (χ1n) is 7.44. The van der Waals surface area contributed by atoms with Crippen molar-refractivity contribution in [2.24, 2.45) is 0 Å². The van der Waals surface area contributed by atoms with Crippen LogP contribution >= 0.6 is 0 Å². The Hall–Kier alpha value is -2.95. The van der Waals surface area contributed by atoms with Gasteiger partial charge in [-0.25, -0.2) is 0 Å². The summed E-state index contributed by atoms with van der Waals surface area (Å²) in [6, 6.07) is 0. The number of rotatable bonds is 4. The van der Waals surface area contributed by atoms with Gasteiger partial charge in [-0.3, -0.25) is 14.4 Å². The maximum Gasteiger partial charge on any atom is 0.304 e. The number of hydrogen-bond donors (Lipinski definition) is 0. The van der Waals surface area contributed by atoms with E-state index in [4.69, 9.17) is 9.47 Å². The van der Waals surface area contributed by atoms with E-state index in [9.17, 15) is 14.4 Å². The molecule has 124 valence electrons. The molecular weight excluding hydrogens is 308 g/mol. The molecule has 0 fully saturated rings. The quantitative estimate of drug-likeness (QED) is 0.451. The van der Waals surface area contributed by atoms with Gasteiger partial charge in [0.15, 0.2) is 0 Å². The summed E-state index contributed by atoms with van der Waals surface area (Å²) < 4.78 is 10.4. The predicted octanol–water partition coefficient (Wildman–Crippen LogP) is 2.87. The first-order chi connectivity index (χ1) is 11.4. The van der Waals surface area contributed by atoms with Gasteiger partial charge in [-0.15, -0.1) is 0 Å². The van der Waals surface area contributed by atoms with E-state index in [-0.39, 0.29) is 5.57 Å². The summed E-state index contributed by atoms with van der Waals surface area (Å²) in [5.41, 5.74) is -1.18. The predicted molar refractivity (Wildman–Crippen MR) is 88.6 cm³/mol. The molecule has 24 heavy (non-hydrogen) atoms. The average Bonchev–Trinajstić information content (AvgIpc) is 2.52. The molecule has 0 aromatic rings. The van der Waals surface area contributed by atoms with Crippen LogP contribution in [0.15, 0.2) is 71.8 Å². The molecule has 1 aliphatic heterocycles. The number of ketones is 2. The highest BCUT2D eigenvalue weighted by Gasteiger charge is 2.48. The molecule has 5 nitrogen and oxygen atoms in total. The number of carbonyl (C=O) groups is 3. The minimum absolute atomic E-state index is 0.208. The number of ether oxygens (including phenoxy) is 2. The van der Waals surface area contributed by atoms with Crippen molar-refractivity contribution in [1.29, 1.82) is 0 Å². The van der Waals surface area contributed by atoms with Crippen molar-refractivity contribution in [3.8, 4) is 0 Å². The maximum absolute atomic E-state index is 12.5. The van der Waals surface area contributed by atoms with Crippen LogP contribution in [-0.2, 0) is 23.9 Å². The number of carbonyl (C=O) groups excluding carboxylic acids is 3. The van der Waals surface area contributed by atoms with Crippen LogP contribution in [0.5, 0.6) is 0 Å². The molecule has 0 saturated carbocycles. The Labute approximate surface area is 140 Å². The zero-order valence-corrected chi connectivity index (χ0v) is 13.7. The van der Waals surface area contributed by atoms with Crippen molar-refractivity contribution >= 4 is 17.5 Å². The van der Waals surface area contributed by atoms with E-state index in [1.54, 1.807) is 18.2 Å². The molecular formula is C19H18O5. The Bertz CT molecular complexity index is 759.